The smallest absolute Gasteiger partial charge is 0.380 e. The zero-order valence-corrected chi connectivity index (χ0v) is 11.0. The molecule has 3 aromatic rings. The molecule has 0 aliphatic rings. The molecule has 20 heavy (non-hydrogen) atoms. The first kappa shape index (κ1) is 14.0. The Morgan fingerprint density at radius 1 is 0.650 bits per heavy atom. The minimum atomic E-state index is -1.11. The standard InChI is InChI=1S/C9H9BN6O3.Ni/c1-4-11-14(7-1)17-10(18-15-8-2-5-12-15)19-16-9-3-6-13-16;/h1-9H;. The van der Waals surface area contributed by atoms with Crippen molar-refractivity contribution in [2.75, 3.05) is 0 Å². The normalized spacial score (nSPS) is 9.60. The van der Waals surface area contributed by atoms with E-state index in [0.29, 0.717) is 0 Å². The van der Waals surface area contributed by atoms with Crippen LogP contribution in [-0.4, -0.2) is 37.2 Å². The molecular formula is C9H9BN6NiO3. The van der Waals surface area contributed by atoms with Crippen LogP contribution in [-0.2, 0) is 16.5 Å². The van der Waals surface area contributed by atoms with E-state index in [2.05, 4.69) is 15.3 Å². The zero-order valence-electron chi connectivity index (χ0n) is 10.00. The van der Waals surface area contributed by atoms with Gasteiger partial charge < -0.3 is 14.3 Å². The Morgan fingerprint density at radius 3 is 1.25 bits per heavy atom. The second-order valence-corrected chi connectivity index (χ2v) is 3.33. The number of rotatable bonds is 6. The largest absolute Gasteiger partial charge is 0.929 e. The number of aromatic nitrogens is 6. The van der Waals surface area contributed by atoms with Crippen molar-refractivity contribution < 1.29 is 30.8 Å². The van der Waals surface area contributed by atoms with Gasteiger partial charge in [-0.3, -0.25) is 0 Å². The topological polar surface area (TPSA) is 81.1 Å². The summed E-state index contributed by atoms with van der Waals surface area (Å²) >= 11 is 0. The van der Waals surface area contributed by atoms with E-state index < -0.39 is 7.32 Å². The van der Waals surface area contributed by atoms with Gasteiger partial charge in [0.1, 0.15) is 0 Å². The van der Waals surface area contributed by atoms with Crippen LogP contribution in [0.15, 0.2) is 55.4 Å². The Kier molecular flexibility index (Phi) is 4.67. The third kappa shape index (κ3) is 3.55. The van der Waals surface area contributed by atoms with Gasteiger partial charge in [-0.25, -0.2) is 0 Å². The van der Waals surface area contributed by atoms with Crippen molar-refractivity contribution in [1.82, 2.24) is 29.8 Å². The summed E-state index contributed by atoms with van der Waals surface area (Å²) in [5.74, 6) is 0. The Labute approximate surface area is 124 Å². The maximum atomic E-state index is 5.34. The molecule has 0 aliphatic carbocycles. The average Bonchev–Trinajstić information content (AvgIpc) is 3.10. The van der Waals surface area contributed by atoms with Gasteiger partial charge in [-0.2, -0.15) is 0 Å². The molecule has 0 N–H and O–H groups in total. The predicted molar refractivity (Wildman–Crippen MR) is 62.2 cm³/mol. The maximum Gasteiger partial charge on any atom is 0.929 e. The molecule has 0 amide bonds. The molecular weight excluding hydrogens is 310 g/mol. The summed E-state index contributed by atoms with van der Waals surface area (Å²) in [6.45, 7) is 0. The van der Waals surface area contributed by atoms with E-state index in [1.807, 2.05) is 0 Å². The Morgan fingerprint density at radius 2 is 1.00 bits per heavy atom. The molecule has 106 valence electrons. The molecule has 0 aliphatic heterocycles. The van der Waals surface area contributed by atoms with Crippen LogP contribution in [0.5, 0.6) is 0 Å². The van der Waals surface area contributed by atoms with E-state index in [1.165, 1.54) is 14.5 Å². The van der Waals surface area contributed by atoms with Crippen LogP contribution in [0, 0.1) is 0 Å². The summed E-state index contributed by atoms with van der Waals surface area (Å²) in [5.41, 5.74) is 0. The van der Waals surface area contributed by atoms with Gasteiger partial charge in [-0.15, -0.1) is 29.8 Å². The molecule has 0 aromatic carbocycles. The summed E-state index contributed by atoms with van der Waals surface area (Å²) < 4.78 is 16.0. The van der Waals surface area contributed by atoms with Crippen molar-refractivity contribution in [3.8, 4) is 0 Å². The quantitative estimate of drug-likeness (QED) is 0.539. The SMILES string of the molecule is [Ni].c1cnn(OB(On2cccn2)On2cccn2)c1. The summed E-state index contributed by atoms with van der Waals surface area (Å²) in [6, 6.07) is 5.12. The van der Waals surface area contributed by atoms with Crippen molar-refractivity contribution in [2.24, 2.45) is 0 Å². The minimum absolute atomic E-state index is 0. The molecule has 0 fully saturated rings. The first-order chi connectivity index (χ1) is 9.40. The molecule has 0 spiro atoms. The maximum absolute atomic E-state index is 5.34. The van der Waals surface area contributed by atoms with Crippen molar-refractivity contribution in [2.45, 2.75) is 0 Å². The van der Waals surface area contributed by atoms with Crippen molar-refractivity contribution in [3.63, 3.8) is 0 Å². The number of hydrogen-bond acceptors (Lipinski definition) is 6. The molecule has 0 unspecified atom stereocenters. The van der Waals surface area contributed by atoms with Crippen LogP contribution in [0.4, 0.5) is 0 Å². The van der Waals surface area contributed by atoms with Crippen molar-refractivity contribution in [1.29, 1.82) is 0 Å². The van der Waals surface area contributed by atoms with Gasteiger partial charge in [-0.1, -0.05) is 0 Å². The van der Waals surface area contributed by atoms with Crippen LogP contribution >= 0.6 is 0 Å². The van der Waals surface area contributed by atoms with Gasteiger partial charge in [-0.05, 0) is 18.2 Å². The monoisotopic (exact) mass is 318 g/mol. The summed E-state index contributed by atoms with van der Waals surface area (Å²) in [5, 5.41) is 11.7. The molecule has 9 nitrogen and oxygen atoms in total. The summed E-state index contributed by atoms with van der Waals surface area (Å²) in [6.07, 6.45) is 9.51. The molecule has 11 heteroatoms. The van der Waals surface area contributed by atoms with Gasteiger partial charge in [0, 0.05) is 16.5 Å². The van der Waals surface area contributed by atoms with E-state index in [4.69, 9.17) is 14.3 Å². The number of nitrogens with zero attached hydrogens (tertiary/aromatic N) is 6. The second kappa shape index (κ2) is 6.67. The third-order valence-electron chi connectivity index (χ3n) is 2.02. The van der Waals surface area contributed by atoms with E-state index in [1.54, 1.807) is 55.4 Å². The molecule has 0 bridgehead atoms. The molecule has 0 radical (unpaired) electrons. The molecule has 0 saturated heterocycles. The van der Waals surface area contributed by atoms with E-state index >= 15 is 0 Å². The second-order valence-electron chi connectivity index (χ2n) is 3.33. The summed E-state index contributed by atoms with van der Waals surface area (Å²) in [7, 11) is -1.11. The van der Waals surface area contributed by atoms with Gasteiger partial charge in [0.15, 0.2) is 0 Å². The first-order valence-electron chi connectivity index (χ1n) is 5.40. The van der Waals surface area contributed by atoms with E-state index in [9.17, 15) is 0 Å². The zero-order chi connectivity index (χ0) is 12.9. The van der Waals surface area contributed by atoms with E-state index in [-0.39, 0.29) is 16.5 Å². The summed E-state index contributed by atoms with van der Waals surface area (Å²) in [4.78, 5) is 3.62. The molecule has 0 saturated carbocycles. The van der Waals surface area contributed by atoms with Gasteiger partial charge >= 0.3 is 7.32 Å². The Hall–Kier alpha value is -2.41. The van der Waals surface area contributed by atoms with Crippen molar-refractivity contribution >= 4 is 7.32 Å². The van der Waals surface area contributed by atoms with Crippen LogP contribution < -0.4 is 14.3 Å². The average molecular weight is 319 g/mol. The van der Waals surface area contributed by atoms with Crippen LogP contribution in [0.2, 0.25) is 0 Å². The van der Waals surface area contributed by atoms with Crippen LogP contribution in [0.1, 0.15) is 0 Å². The minimum Gasteiger partial charge on any atom is -0.380 e. The Balaban J connectivity index is 0.00000147. The first-order valence-corrected chi connectivity index (χ1v) is 5.40. The molecule has 3 heterocycles. The third-order valence-corrected chi connectivity index (χ3v) is 2.02. The van der Waals surface area contributed by atoms with Crippen LogP contribution in [0.25, 0.3) is 0 Å². The molecule has 3 aromatic heterocycles. The Bertz CT molecular complexity index is 501. The van der Waals surface area contributed by atoms with Crippen LogP contribution in [0.3, 0.4) is 0 Å². The molecule has 0 atom stereocenters. The van der Waals surface area contributed by atoms with E-state index in [0.717, 1.165) is 0 Å². The fourth-order valence-corrected chi connectivity index (χ4v) is 1.27. The fraction of sp³-hybridized carbons (Fsp3) is 0. The molecule has 3 rings (SSSR count). The van der Waals surface area contributed by atoms with Gasteiger partial charge in [0.2, 0.25) is 0 Å². The number of hydrogen-bond donors (Lipinski definition) is 0. The predicted octanol–water partition coefficient (Wildman–Crippen LogP) is -1.06. The fourth-order valence-electron chi connectivity index (χ4n) is 1.27. The van der Waals surface area contributed by atoms with Crippen molar-refractivity contribution in [3.05, 3.63) is 55.4 Å². The van der Waals surface area contributed by atoms with Gasteiger partial charge in [0.05, 0.1) is 37.2 Å². The van der Waals surface area contributed by atoms with Gasteiger partial charge in [0.25, 0.3) is 0 Å².